The highest BCUT2D eigenvalue weighted by atomic mass is 31.2. The Morgan fingerprint density at radius 3 is 1.22 bits per heavy atom. The second kappa shape index (κ2) is 49.7. The van der Waals surface area contributed by atoms with Gasteiger partial charge in [0.05, 0.1) is 13.2 Å². The van der Waals surface area contributed by atoms with Crippen molar-refractivity contribution in [2.75, 3.05) is 26.4 Å². The molecule has 0 radical (unpaired) electrons. The standard InChI is InChI=1S/C53H100NO8P/c1-3-5-7-9-11-13-15-17-19-21-22-23-24-25-26-27-28-30-32-34-36-38-40-42-44-46-53(56)62-51(50-61-63(57,58)60-48-47-54)49-59-52(55)45-43-41-39-37-35-33-31-29-20-18-16-14-12-10-8-6-4-2/h15,17,21-22,24-25,51H,3-14,16,18-20,23,26-50,54H2,1-2H3,(H,57,58)/b17-15-,22-21-,25-24-. The molecule has 0 saturated carbocycles. The predicted molar refractivity (Wildman–Crippen MR) is 266 cm³/mol. The first-order valence-corrected chi connectivity index (χ1v) is 28.0. The topological polar surface area (TPSA) is 134 Å². The molecule has 0 aliphatic carbocycles. The summed E-state index contributed by atoms with van der Waals surface area (Å²) < 4.78 is 33.0. The highest BCUT2D eigenvalue weighted by Crippen LogP contribution is 2.43. The summed E-state index contributed by atoms with van der Waals surface area (Å²) in [5.41, 5.74) is 5.37. The first-order valence-electron chi connectivity index (χ1n) is 26.5. The van der Waals surface area contributed by atoms with Gasteiger partial charge < -0.3 is 20.1 Å². The number of ether oxygens (including phenoxy) is 2. The molecule has 0 fully saturated rings. The molecule has 0 saturated heterocycles. The molecule has 63 heavy (non-hydrogen) atoms. The molecule has 3 N–H and O–H groups in total. The van der Waals surface area contributed by atoms with E-state index in [-0.39, 0.29) is 38.6 Å². The molecule has 0 aromatic heterocycles. The van der Waals surface area contributed by atoms with Crippen molar-refractivity contribution in [3.8, 4) is 0 Å². The van der Waals surface area contributed by atoms with E-state index >= 15 is 0 Å². The summed E-state index contributed by atoms with van der Waals surface area (Å²) >= 11 is 0. The van der Waals surface area contributed by atoms with Crippen LogP contribution in [0.2, 0.25) is 0 Å². The van der Waals surface area contributed by atoms with E-state index in [0.29, 0.717) is 6.42 Å². The van der Waals surface area contributed by atoms with E-state index in [4.69, 9.17) is 24.3 Å². The molecular weight excluding hydrogens is 810 g/mol. The van der Waals surface area contributed by atoms with E-state index in [0.717, 1.165) is 57.8 Å². The molecule has 0 bridgehead atoms. The Morgan fingerprint density at radius 1 is 0.476 bits per heavy atom. The number of phosphoric acid groups is 1. The molecule has 0 aromatic rings. The smallest absolute Gasteiger partial charge is 0.462 e. The number of phosphoric ester groups is 1. The third kappa shape index (κ3) is 49.5. The Kier molecular flexibility index (Phi) is 48.3. The van der Waals surface area contributed by atoms with E-state index < -0.39 is 26.5 Å². The number of carbonyl (C=O) groups is 2. The lowest BCUT2D eigenvalue weighted by Crippen LogP contribution is -2.29. The molecule has 0 aromatic carbocycles. The summed E-state index contributed by atoms with van der Waals surface area (Å²) in [6.07, 6.45) is 57.5. The van der Waals surface area contributed by atoms with Gasteiger partial charge in [-0.3, -0.25) is 18.6 Å². The van der Waals surface area contributed by atoms with Gasteiger partial charge in [-0.05, 0) is 51.4 Å². The van der Waals surface area contributed by atoms with Gasteiger partial charge in [0.15, 0.2) is 6.10 Å². The number of esters is 2. The van der Waals surface area contributed by atoms with Crippen LogP contribution in [0.1, 0.15) is 258 Å². The van der Waals surface area contributed by atoms with Crippen molar-refractivity contribution in [2.45, 2.75) is 264 Å². The van der Waals surface area contributed by atoms with E-state index in [1.54, 1.807) is 0 Å². The maximum atomic E-state index is 12.7. The minimum atomic E-state index is -4.38. The van der Waals surface area contributed by atoms with Crippen LogP contribution >= 0.6 is 7.82 Å². The van der Waals surface area contributed by atoms with Gasteiger partial charge in [-0.25, -0.2) is 4.57 Å². The van der Waals surface area contributed by atoms with Crippen LogP contribution in [-0.4, -0.2) is 49.3 Å². The normalized spacial score (nSPS) is 13.4. The van der Waals surface area contributed by atoms with Crippen LogP contribution in [0, 0.1) is 0 Å². The monoisotopic (exact) mass is 910 g/mol. The molecule has 0 spiro atoms. The van der Waals surface area contributed by atoms with Crippen molar-refractivity contribution in [3.63, 3.8) is 0 Å². The van der Waals surface area contributed by atoms with Crippen LogP contribution in [0.25, 0.3) is 0 Å². The Hall–Kier alpha value is -1.77. The molecule has 0 amide bonds. The zero-order chi connectivity index (χ0) is 46.0. The van der Waals surface area contributed by atoms with Gasteiger partial charge in [-0.2, -0.15) is 0 Å². The molecule has 2 atom stereocenters. The van der Waals surface area contributed by atoms with Crippen LogP contribution in [0.3, 0.4) is 0 Å². The zero-order valence-electron chi connectivity index (χ0n) is 41.1. The Balaban J connectivity index is 4.01. The number of nitrogens with two attached hydrogens (primary N) is 1. The zero-order valence-corrected chi connectivity index (χ0v) is 42.0. The van der Waals surface area contributed by atoms with E-state index in [1.165, 1.54) is 167 Å². The van der Waals surface area contributed by atoms with Crippen LogP contribution in [0.4, 0.5) is 0 Å². The van der Waals surface area contributed by atoms with Crippen molar-refractivity contribution in [1.82, 2.24) is 0 Å². The second-order valence-electron chi connectivity index (χ2n) is 17.8. The van der Waals surface area contributed by atoms with Crippen LogP contribution in [0.15, 0.2) is 36.5 Å². The van der Waals surface area contributed by atoms with Gasteiger partial charge in [-0.15, -0.1) is 0 Å². The average Bonchev–Trinajstić information content (AvgIpc) is 3.27. The maximum absolute atomic E-state index is 12.7. The highest BCUT2D eigenvalue weighted by molar-refractivity contribution is 7.47. The largest absolute Gasteiger partial charge is 0.472 e. The molecule has 0 aliphatic rings. The van der Waals surface area contributed by atoms with Gasteiger partial charge in [0.25, 0.3) is 0 Å². The molecule has 0 aliphatic heterocycles. The van der Waals surface area contributed by atoms with Gasteiger partial charge in [0, 0.05) is 19.4 Å². The Labute approximate surface area is 388 Å². The number of carbonyl (C=O) groups excluding carboxylic acids is 2. The lowest BCUT2D eigenvalue weighted by Gasteiger charge is -2.19. The lowest BCUT2D eigenvalue weighted by atomic mass is 10.0. The minimum absolute atomic E-state index is 0.0537. The summed E-state index contributed by atoms with van der Waals surface area (Å²) in [6, 6.07) is 0. The summed E-state index contributed by atoms with van der Waals surface area (Å²) in [7, 11) is -4.38. The van der Waals surface area contributed by atoms with Crippen LogP contribution in [-0.2, 0) is 32.7 Å². The van der Waals surface area contributed by atoms with E-state index in [2.05, 4.69) is 50.3 Å². The number of allylic oxidation sites excluding steroid dienone is 6. The number of hydrogen-bond donors (Lipinski definition) is 2. The molecule has 0 rings (SSSR count). The van der Waals surface area contributed by atoms with Crippen molar-refractivity contribution in [1.29, 1.82) is 0 Å². The molecular formula is C53H100NO8P. The molecule has 0 heterocycles. The summed E-state index contributed by atoms with van der Waals surface area (Å²) in [5.74, 6) is -0.821. The molecule has 10 heteroatoms. The highest BCUT2D eigenvalue weighted by Gasteiger charge is 2.26. The summed E-state index contributed by atoms with van der Waals surface area (Å²) in [6.45, 7) is 3.76. The van der Waals surface area contributed by atoms with Crippen molar-refractivity contribution in [3.05, 3.63) is 36.5 Å². The fourth-order valence-corrected chi connectivity index (χ4v) is 8.35. The molecule has 9 nitrogen and oxygen atoms in total. The predicted octanol–water partition coefficient (Wildman–Crippen LogP) is 16.1. The van der Waals surface area contributed by atoms with Crippen molar-refractivity contribution in [2.24, 2.45) is 5.73 Å². The SMILES string of the molecule is CCCCCCC/C=C\C/C=C\C/C=C\CCCCCCCCCCCCC(=O)OC(COC(=O)CCCCCCCCCCCCCCCCCCC)COP(=O)(O)OCCN. The van der Waals surface area contributed by atoms with Gasteiger partial charge in [0.1, 0.15) is 6.61 Å². The molecule has 2 unspecified atom stereocenters. The molecule has 370 valence electrons. The first kappa shape index (κ1) is 61.2. The number of rotatable bonds is 50. The van der Waals surface area contributed by atoms with Gasteiger partial charge in [-0.1, -0.05) is 230 Å². The minimum Gasteiger partial charge on any atom is -0.462 e. The number of unbranched alkanes of at least 4 members (excludes halogenated alkanes) is 31. The third-order valence-electron chi connectivity index (χ3n) is 11.5. The van der Waals surface area contributed by atoms with E-state index in [1.807, 2.05) is 0 Å². The van der Waals surface area contributed by atoms with E-state index in [9.17, 15) is 19.0 Å². The third-order valence-corrected chi connectivity index (χ3v) is 12.5. The Morgan fingerprint density at radius 2 is 0.825 bits per heavy atom. The first-order chi connectivity index (χ1) is 30.8. The van der Waals surface area contributed by atoms with Gasteiger partial charge >= 0.3 is 19.8 Å². The number of hydrogen-bond acceptors (Lipinski definition) is 8. The lowest BCUT2D eigenvalue weighted by molar-refractivity contribution is -0.161. The van der Waals surface area contributed by atoms with Crippen molar-refractivity contribution >= 4 is 19.8 Å². The second-order valence-corrected chi connectivity index (χ2v) is 19.2. The quantitative estimate of drug-likeness (QED) is 0.0265. The average molecular weight is 910 g/mol. The Bertz CT molecular complexity index is 1130. The maximum Gasteiger partial charge on any atom is 0.472 e. The fraction of sp³-hybridized carbons (Fsp3) is 0.849. The van der Waals surface area contributed by atoms with Crippen molar-refractivity contribution < 1.29 is 37.6 Å². The van der Waals surface area contributed by atoms with Gasteiger partial charge in [0.2, 0.25) is 0 Å². The van der Waals surface area contributed by atoms with Crippen LogP contribution < -0.4 is 5.73 Å². The van der Waals surface area contributed by atoms with Crippen LogP contribution in [0.5, 0.6) is 0 Å². The summed E-state index contributed by atoms with van der Waals surface area (Å²) in [5, 5.41) is 0. The fourth-order valence-electron chi connectivity index (χ4n) is 7.59. The summed E-state index contributed by atoms with van der Waals surface area (Å²) in [4.78, 5) is 35.1.